The Hall–Kier alpha value is -3.55. The van der Waals surface area contributed by atoms with Crippen molar-refractivity contribution in [2.24, 2.45) is 10.2 Å². The van der Waals surface area contributed by atoms with E-state index in [1.165, 1.54) is 24.3 Å². The first-order chi connectivity index (χ1) is 13.1. The summed E-state index contributed by atoms with van der Waals surface area (Å²) in [6.07, 6.45) is 2.60. The van der Waals surface area contributed by atoms with E-state index in [0.29, 0.717) is 36.8 Å². The summed E-state index contributed by atoms with van der Waals surface area (Å²) < 4.78 is 10.5. The van der Waals surface area contributed by atoms with Crippen LogP contribution in [0.2, 0.25) is 0 Å². The van der Waals surface area contributed by atoms with Crippen LogP contribution in [0.15, 0.2) is 71.4 Å². The second kappa shape index (κ2) is 10.4. The maximum Gasteiger partial charge on any atom is 0.330 e. The van der Waals surface area contributed by atoms with Crippen LogP contribution in [0, 0.1) is 10.1 Å². The van der Waals surface area contributed by atoms with Crippen molar-refractivity contribution in [2.45, 2.75) is 12.8 Å². The van der Waals surface area contributed by atoms with Crippen molar-refractivity contribution < 1.29 is 19.2 Å². The Morgan fingerprint density at radius 3 is 2.11 bits per heavy atom. The number of esters is 1. The van der Waals surface area contributed by atoms with Crippen LogP contribution in [0.4, 0.5) is 17.1 Å². The smallest absolute Gasteiger partial charge is 0.330 e. The number of azo groups is 1. The van der Waals surface area contributed by atoms with E-state index < -0.39 is 10.9 Å². The summed E-state index contributed by atoms with van der Waals surface area (Å²) in [5.74, 6) is 0.279. The first-order valence-corrected chi connectivity index (χ1v) is 8.27. The molecular formula is C19H19N3O5. The highest BCUT2D eigenvalue weighted by molar-refractivity contribution is 5.81. The molecule has 140 valence electrons. The number of hydrogen-bond acceptors (Lipinski definition) is 7. The number of non-ortho nitro benzene ring substituents is 1. The predicted octanol–water partition coefficient (Wildman–Crippen LogP) is 4.90. The second-order valence-corrected chi connectivity index (χ2v) is 5.39. The fourth-order valence-electron chi connectivity index (χ4n) is 1.99. The normalized spacial score (nSPS) is 10.5. The Balaban J connectivity index is 1.75. The molecule has 2 rings (SSSR count). The average molecular weight is 369 g/mol. The molecule has 27 heavy (non-hydrogen) atoms. The number of rotatable bonds is 10. The third-order valence-corrected chi connectivity index (χ3v) is 3.40. The zero-order chi connectivity index (χ0) is 19.5. The van der Waals surface area contributed by atoms with Gasteiger partial charge >= 0.3 is 5.97 Å². The highest BCUT2D eigenvalue weighted by Gasteiger charge is 2.03. The van der Waals surface area contributed by atoms with E-state index in [1.807, 2.05) is 0 Å². The van der Waals surface area contributed by atoms with Gasteiger partial charge in [-0.1, -0.05) is 6.58 Å². The Morgan fingerprint density at radius 1 is 1.00 bits per heavy atom. The summed E-state index contributed by atoms with van der Waals surface area (Å²) in [6, 6.07) is 12.9. The molecule has 0 bridgehead atoms. The van der Waals surface area contributed by atoms with Gasteiger partial charge in [0.1, 0.15) is 5.75 Å². The molecule has 0 saturated heterocycles. The molecule has 2 aromatic rings. The summed E-state index contributed by atoms with van der Waals surface area (Å²) >= 11 is 0. The van der Waals surface area contributed by atoms with Crippen LogP contribution in [-0.4, -0.2) is 24.1 Å². The van der Waals surface area contributed by atoms with Gasteiger partial charge in [0.05, 0.1) is 29.5 Å². The highest BCUT2D eigenvalue weighted by atomic mass is 16.6. The lowest BCUT2D eigenvalue weighted by Crippen LogP contribution is -2.04. The summed E-state index contributed by atoms with van der Waals surface area (Å²) in [5, 5.41) is 18.7. The topological polar surface area (TPSA) is 103 Å². The quantitative estimate of drug-likeness (QED) is 0.148. The molecule has 0 unspecified atom stereocenters. The molecule has 8 heteroatoms. The van der Waals surface area contributed by atoms with Crippen molar-refractivity contribution in [3.05, 3.63) is 71.3 Å². The minimum absolute atomic E-state index is 0.00863. The van der Waals surface area contributed by atoms with Crippen LogP contribution in [0.3, 0.4) is 0 Å². The van der Waals surface area contributed by atoms with Crippen molar-refractivity contribution in [3.63, 3.8) is 0 Å². The summed E-state index contributed by atoms with van der Waals surface area (Å²) in [6.45, 7) is 4.18. The molecule has 0 atom stereocenters. The lowest BCUT2D eigenvalue weighted by atomic mass is 10.3. The average Bonchev–Trinajstić information content (AvgIpc) is 2.70. The largest absolute Gasteiger partial charge is 0.494 e. The summed E-state index contributed by atoms with van der Waals surface area (Å²) in [7, 11) is 0. The van der Waals surface area contributed by atoms with Gasteiger partial charge in [-0.15, -0.1) is 0 Å². The standard InChI is InChI=1S/C19H19N3O5/c1-2-19(23)27-14-4-3-13-26-18-11-7-16(8-12-18)21-20-15-5-9-17(10-6-15)22(24)25/h2,5-12H,1,3-4,13-14H2/b21-20+. The third kappa shape index (κ3) is 7.07. The van der Waals surface area contributed by atoms with Crippen molar-refractivity contribution in [2.75, 3.05) is 13.2 Å². The fraction of sp³-hybridized carbons (Fsp3) is 0.211. The molecule has 0 aliphatic carbocycles. The van der Waals surface area contributed by atoms with Crippen molar-refractivity contribution >= 4 is 23.0 Å². The molecule has 0 aliphatic rings. The minimum Gasteiger partial charge on any atom is -0.494 e. The van der Waals surface area contributed by atoms with E-state index in [9.17, 15) is 14.9 Å². The van der Waals surface area contributed by atoms with E-state index in [4.69, 9.17) is 9.47 Å². The Morgan fingerprint density at radius 2 is 1.56 bits per heavy atom. The van der Waals surface area contributed by atoms with Crippen molar-refractivity contribution in [1.29, 1.82) is 0 Å². The van der Waals surface area contributed by atoms with E-state index in [0.717, 1.165) is 12.5 Å². The SMILES string of the molecule is C=CC(=O)OCCCCOc1ccc(/N=N/c2ccc([N+](=O)[O-])cc2)cc1. The highest BCUT2D eigenvalue weighted by Crippen LogP contribution is 2.23. The number of carbonyl (C=O) groups is 1. The van der Waals surface area contributed by atoms with E-state index in [2.05, 4.69) is 16.8 Å². The van der Waals surface area contributed by atoms with E-state index in [-0.39, 0.29) is 5.69 Å². The van der Waals surface area contributed by atoms with Gasteiger partial charge in [-0.2, -0.15) is 10.2 Å². The fourth-order valence-corrected chi connectivity index (χ4v) is 1.99. The minimum atomic E-state index is -0.465. The van der Waals surface area contributed by atoms with Crippen LogP contribution >= 0.6 is 0 Å². The van der Waals surface area contributed by atoms with Gasteiger partial charge in [0.15, 0.2) is 0 Å². The molecule has 0 aliphatic heterocycles. The Labute approximate surface area is 156 Å². The Kier molecular flexibility index (Phi) is 7.65. The zero-order valence-electron chi connectivity index (χ0n) is 14.6. The Bertz CT molecular complexity index is 801. The lowest BCUT2D eigenvalue weighted by molar-refractivity contribution is -0.384. The molecular weight excluding hydrogens is 350 g/mol. The van der Waals surface area contributed by atoms with E-state index in [1.54, 1.807) is 24.3 Å². The molecule has 0 heterocycles. The molecule has 0 radical (unpaired) electrons. The summed E-state index contributed by atoms with van der Waals surface area (Å²) in [5.41, 5.74) is 1.17. The molecule has 0 N–H and O–H groups in total. The number of nitro benzene ring substituents is 1. The van der Waals surface area contributed by atoms with Crippen molar-refractivity contribution in [3.8, 4) is 5.75 Å². The van der Waals surface area contributed by atoms with Gasteiger partial charge in [-0.3, -0.25) is 10.1 Å². The van der Waals surface area contributed by atoms with E-state index >= 15 is 0 Å². The number of ether oxygens (including phenoxy) is 2. The van der Waals surface area contributed by atoms with Crippen LogP contribution in [0.1, 0.15) is 12.8 Å². The van der Waals surface area contributed by atoms with Crippen LogP contribution in [0.25, 0.3) is 0 Å². The van der Waals surface area contributed by atoms with Gasteiger partial charge < -0.3 is 9.47 Å². The number of nitrogens with zero attached hydrogens (tertiary/aromatic N) is 3. The number of nitro groups is 1. The van der Waals surface area contributed by atoms with Gasteiger partial charge in [-0.05, 0) is 49.2 Å². The predicted molar refractivity (Wildman–Crippen MR) is 99.6 cm³/mol. The number of benzene rings is 2. The maximum atomic E-state index is 10.9. The zero-order valence-corrected chi connectivity index (χ0v) is 14.6. The van der Waals surface area contributed by atoms with Gasteiger partial charge in [0.2, 0.25) is 0 Å². The molecule has 0 aromatic heterocycles. The number of hydrogen-bond donors (Lipinski definition) is 0. The van der Waals surface area contributed by atoms with Crippen molar-refractivity contribution in [1.82, 2.24) is 0 Å². The molecule has 2 aromatic carbocycles. The first-order valence-electron chi connectivity index (χ1n) is 8.27. The number of unbranched alkanes of at least 4 members (excludes halogenated alkanes) is 1. The molecule has 8 nitrogen and oxygen atoms in total. The van der Waals surface area contributed by atoms with Crippen LogP contribution < -0.4 is 4.74 Å². The molecule has 0 saturated carbocycles. The third-order valence-electron chi connectivity index (χ3n) is 3.40. The monoisotopic (exact) mass is 369 g/mol. The maximum absolute atomic E-state index is 10.9. The molecule has 0 amide bonds. The van der Waals surface area contributed by atoms with Gasteiger partial charge in [-0.25, -0.2) is 4.79 Å². The summed E-state index contributed by atoms with van der Waals surface area (Å²) in [4.78, 5) is 21.0. The van der Waals surface area contributed by atoms with Crippen LogP contribution in [-0.2, 0) is 9.53 Å². The molecule has 0 spiro atoms. The lowest BCUT2D eigenvalue weighted by Gasteiger charge is -2.06. The van der Waals surface area contributed by atoms with Gasteiger partial charge in [0, 0.05) is 18.2 Å². The molecule has 0 fully saturated rings. The first kappa shape index (κ1) is 19.8. The van der Waals surface area contributed by atoms with Gasteiger partial charge in [0.25, 0.3) is 5.69 Å². The number of carbonyl (C=O) groups excluding carboxylic acids is 1. The second-order valence-electron chi connectivity index (χ2n) is 5.39. The van der Waals surface area contributed by atoms with Crippen LogP contribution in [0.5, 0.6) is 5.75 Å².